The highest BCUT2D eigenvalue weighted by Gasteiger charge is 1.83. The van der Waals surface area contributed by atoms with Gasteiger partial charge >= 0.3 is 0 Å². The van der Waals surface area contributed by atoms with E-state index in [4.69, 9.17) is 5.11 Å². The van der Waals surface area contributed by atoms with Gasteiger partial charge in [-0.1, -0.05) is 0 Å². The van der Waals surface area contributed by atoms with Crippen molar-refractivity contribution in [1.29, 1.82) is 0 Å². The molecule has 0 saturated heterocycles. The summed E-state index contributed by atoms with van der Waals surface area (Å²) in [5.74, 6) is 0. The lowest BCUT2D eigenvalue weighted by atomic mass is 10.5. The molecule has 12 heavy (non-hydrogen) atoms. The molecule has 0 spiro atoms. The summed E-state index contributed by atoms with van der Waals surface area (Å²) in [5.41, 5.74) is 0. The van der Waals surface area contributed by atoms with E-state index in [1.807, 2.05) is 17.0 Å². The van der Waals surface area contributed by atoms with E-state index in [0.29, 0.717) is 6.54 Å². The van der Waals surface area contributed by atoms with Gasteiger partial charge in [-0.25, -0.2) is 4.98 Å². The molecule has 4 heteroatoms. The summed E-state index contributed by atoms with van der Waals surface area (Å²) in [6.45, 7) is 1.67. The predicted molar refractivity (Wildman–Crippen MR) is 47.3 cm³/mol. The van der Waals surface area contributed by atoms with Gasteiger partial charge in [-0.15, -0.1) is 0 Å². The zero-order chi connectivity index (χ0) is 8.65. The fourth-order valence-corrected chi connectivity index (χ4v) is 0.800. The maximum absolute atomic E-state index is 8.46. The Morgan fingerprint density at radius 3 is 3.17 bits per heavy atom. The molecule has 0 aliphatic carbocycles. The first-order chi connectivity index (χ1) is 5.93. The minimum atomic E-state index is 0.211. The van der Waals surface area contributed by atoms with Gasteiger partial charge in [-0.05, 0) is 6.42 Å². The molecular weight excluding hydrogens is 154 g/mol. The molecule has 0 aliphatic rings. The molecule has 0 aliphatic heterocycles. The third kappa shape index (κ3) is 3.30. The van der Waals surface area contributed by atoms with Crippen LogP contribution in [0.4, 0.5) is 0 Å². The molecule has 4 nitrogen and oxygen atoms in total. The molecule has 0 fully saturated rings. The molecule has 1 aromatic rings. The lowest BCUT2D eigenvalue weighted by Gasteiger charge is -1.93. The van der Waals surface area contributed by atoms with Crippen molar-refractivity contribution in [3.8, 4) is 0 Å². The van der Waals surface area contributed by atoms with Crippen molar-refractivity contribution in [2.24, 2.45) is 4.99 Å². The normalized spacial score (nSPS) is 11.1. The van der Waals surface area contributed by atoms with Gasteiger partial charge in [0.05, 0.1) is 12.9 Å². The van der Waals surface area contributed by atoms with Crippen LogP contribution >= 0.6 is 0 Å². The van der Waals surface area contributed by atoms with Crippen molar-refractivity contribution < 1.29 is 5.11 Å². The Morgan fingerprint density at radius 1 is 1.58 bits per heavy atom. The van der Waals surface area contributed by atoms with Crippen LogP contribution in [0.1, 0.15) is 6.42 Å². The average molecular weight is 167 g/mol. The fraction of sp³-hybridized carbons (Fsp3) is 0.500. The highest BCUT2D eigenvalue weighted by molar-refractivity contribution is 5.56. The van der Waals surface area contributed by atoms with Crippen LogP contribution in [-0.2, 0) is 6.54 Å². The summed E-state index contributed by atoms with van der Waals surface area (Å²) in [7, 11) is 0. The van der Waals surface area contributed by atoms with Gasteiger partial charge in [-0.2, -0.15) is 0 Å². The summed E-state index contributed by atoms with van der Waals surface area (Å²) in [6, 6.07) is 0. The van der Waals surface area contributed by atoms with Crippen LogP contribution in [0.25, 0.3) is 0 Å². The summed E-state index contributed by atoms with van der Waals surface area (Å²) in [4.78, 5) is 8.00. The van der Waals surface area contributed by atoms with Crippen LogP contribution in [0, 0.1) is 0 Å². The molecule has 0 amide bonds. The Morgan fingerprint density at radius 2 is 2.50 bits per heavy atom. The van der Waals surface area contributed by atoms with E-state index in [-0.39, 0.29) is 6.61 Å². The summed E-state index contributed by atoms with van der Waals surface area (Å²) in [5, 5.41) is 8.46. The van der Waals surface area contributed by atoms with Crippen molar-refractivity contribution in [2.45, 2.75) is 13.0 Å². The first-order valence-corrected chi connectivity index (χ1v) is 3.98. The predicted octanol–water partition coefficient (Wildman–Crippen LogP) is 0.336. The van der Waals surface area contributed by atoms with Gasteiger partial charge in [0.1, 0.15) is 0 Å². The Kier molecular flexibility index (Phi) is 4.08. The third-order valence-electron chi connectivity index (χ3n) is 1.43. The van der Waals surface area contributed by atoms with Gasteiger partial charge in [0.15, 0.2) is 0 Å². The molecule has 1 heterocycles. The summed E-state index contributed by atoms with van der Waals surface area (Å²) in [6.07, 6.45) is 7.94. The topological polar surface area (TPSA) is 50.4 Å². The second kappa shape index (κ2) is 5.49. The number of imidazole rings is 1. The second-order valence-corrected chi connectivity index (χ2v) is 2.43. The molecule has 0 unspecified atom stereocenters. The van der Waals surface area contributed by atoms with E-state index in [0.717, 1.165) is 13.0 Å². The third-order valence-corrected chi connectivity index (χ3v) is 1.43. The molecule has 66 valence electrons. The molecule has 1 N–H and O–H groups in total. The molecule has 1 aromatic heterocycles. The molecule has 1 rings (SSSR count). The quantitative estimate of drug-likeness (QED) is 0.507. The van der Waals surface area contributed by atoms with Crippen LogP contribution in [0.3, 0.4) is 0 Å². The van der Waals surface area contributed by atoms with Gasteiger partial charge in [-0.3, -0.25) is 4.99 Å². The first kappa shape index (κ1) is 8.93. The van der Waals surface area contributed by atoms with Crippen molar-refractivity contribution in [1.82, 2.24) is 9.55 Å². The number of nitrogens with zero attached hydrogens (tertiary/aromatic N) is 3. The lowest BCUT2D eigenvalue weighted by molar-refractivity contribution is 0.291. The van der Waals surface area contributed by atoms with E-state index in [1.54, 1.807) is 12.5 Å². The van der Waals surface area contributed by atoms with E-state index in [1.165, 1.54) is 0 Å². The van der Waals surface area contributed by atoms with Gasteiger partial charge in [0.2, 0.25) is 0 Å². The highest BCUT2D eigenvalue weighted by Crippen LogP contribution is 1.83. The smallest absolute Gasteiger partial charge is 0.0949 e. The Labute approximate surface area is 71.6 Å². The van der Waals surface area contributed by atoms with Gasteiger partial charge < -0.3 is 9.67 Å². The molecule has 0 aromatic carbocycles. The van der Waals surface area contributed by atoms with E-state index in [9.17, 15) is 0 Å². The van der Waals surface area contributed by atoms with Crippen LogP contribution < -0.4 is 0 Å². The largest absolute Gasteiger partial charge is 0.396 e. The van der Waals surface area contributed by atoms with E-state index < -0.39 is 0 Å². The molecular formula is C8H13N3O. The highest BCUT2D eigenvalue weighted by atomic mass is 16.3. The molecule has 0 saturated carbocycles. The Hall–Kier alpha value is -1.16. The van der Waals surface area contributed by atoms with E-state index in [2.05, 4.69) is 9.98 Å². The number of aliphatic hydroxyl groups excluding tert-OH is 1. The van der Waals surface area contributed by atoms with Crippen LogP contribution in [0.5, 0.6) is 0 Å². The van der Waals surface area contributed by atoms with Gasteiger partial charge in [0.25, 0.3) is 0 Å². The fourth-order valence-electron chi connectivity index (χ4n) is 0.800. The zero-order valence-electron chi connectivity index (χ0n) is 6.93. The van der Waals surface area contributed by atoms with Crippen molar-refractivity contribution in [2.75, 3.05) is 13.2 Å². The minimum absolute atomic E-state index is 0.211. The molecule has 0 atom stereocenters. The maximum Gasteiger partial charge on any atom is 0.0949 e. The summed E-state index contributed by atoms with van der Waals surface area (Å²) >= 11 is 0. The van der Waals surface area contributed by atoms with Gasteiger partial charge in [0, 0.05) is 31.8 Å². The standard InChI is InChI=1S/C8H13N3O/c12-7-1-2-9-3-5-11-6-4-10-8-11/h3-4,6,8,12H,1-2,5,7H2. The number of aliphatic imine (C=N–C) groups is 1. The monoisotopic (exact) mass is 167 g/mol. The number of rotatable bonds is 5. The maximum atomic E-state index is 8.46. The second-order valence-electron chi connectivity index (χ2n) is 2.43. The number of aromatic nitrogens is 2. The van der Waals surface area contributed by atoms with E-state index >= 15 is 0 Å². The average Bonchev–Trinajstić information content (AvgIpc) is 2.57. The van der Waals surface area contributed by atoms with Crippen LogP contribution in [-0.4, -0.2) is 34.0 Å². The van der Waals surface area contributed by atoms with Crippen LogP contribution in [0.2, 0.25) is 0 Å². The molecule has 0 radical (unpaired) electrons. The summed E-state index contributed by atoms with van der Waals surface area (Å²) < 4.78 is 1.93. The van der Waals surface area contributed by atoms with Crippen molar-refractivity contribution >= 4 is 6.21 Å². The first-order valence-electron chi connectivity index (χ1n) is 3.98. The SMILES string of the molecule is OCCCN=CCn1ccnc1. The Bertz CT molecular complexity index is 218. The zero-order valence-corrected chi connectivity index (χ0v) is 6.93. The number of hydrogen-bond donors (Lipinski definition) is 1. The molecule has 0 bridgehead atoms. The Balaban J connectivity index is 2.13. The van der Waals surface area contributed by atoms with Crippen molar-refractivity contribution in [3.05, 3.63) is 18.7 Å². The minimum Gasteiger partial charge on any atom is -0.396 e. The number of hydrogen-bond acceptors (Lipinski definition) is 3. The van der Waals surface area contributed by atoms with Crippen molar-refractivity contribution in [3.63, 3.8) is 0 Å². The lowest BCUT2D eigenvalue weighted by Crippen LogP contribution is -1.96. The number of aliphatic hydroxyl groups is 1. The van der Waals surface area contributed by atoms with Crippen LogP contribution in [0.15, 0.2) is 23.7 Å².